The minimum absolute atomic E-state index is 0. The molecule has 0 saturated heterocycles. The quantitative estimate of drug-likeness (QED) is 0.117. The zero-order chi connectivity index (χ0) is 35.2. The van der Waals surface area contributed by atoms with Gasteiger partial charge in [-0.3, -0.25) is 0 Å². The number of hydrogen-bond acceptors (Lipinski definition) is 0. The molecule has 0 atom stereocenters. The standard InChI is InChI=1S/C24H29.C22H25.2CH3.Si.Zr/c1-6-7-8-18-15-22-17(2)9-14-21(23(22)16-18)19-10-12-20(13-11-19)24(3,4)5;1-15(2)18-13-17-7-6-8-20(21(17)14-18)16-9-11-19(12-10-16)22(3,4)5;;;;/h9-16H,6-8H2,1-5H3;6-15H,1-5H3;2*1H3;;/q4*-1;;. The van der Waals surface area contributed by atoms with Crippen LogP contribution in [0.4, 0.5) is 0 Å². The van der Waals surface area contributed by atoms with Crippen molar-refractivity contribution in [3.63, 3.8) is 0 Å². The first-order chi connectivity index (χ1) is 22.8. The second kappa shape index (κ2) is 18.6. The number of fused-ring (bicyclic) bond motifs is 2. The van der Waals surface area contributed by atoms with Crippen LogP contribution >= 0.6 is 0 Å². The van der Waals surface area contributed by atoms with Crippen molar-refractivity contribution in [1.29, 1.82) is 0 Å². The molecule has 0 bridgehead atoms. The fraction of sp³-hybridized carbons (Fsp3) is 0.333. The summed E-state index contributed by atoms with van der Waals surface area (Å²) in [5, 5.41) is 5.54. The molecular weight excluding hydrogens is 696 g/mol. The van der Waals surface area contributed by atoms with Gasteiger partial charge in [-0.2, -0.15) is 12.1 Å². The van der Waals surface area contributed by atoms with Gasteiger partial charge in [0.15, 0.2) is 0 Å². The van der Waals surface area contributed by atoms with Crippen molar-refractivity contribution in [3.8, 4) is 22.3 Å². The van der Waals surface area contributed by atoms with Crippen LogP contribution in [-0.4, -0.2) is 6.88 Å². The van der Waals surface area contributed by atoms with Gasteiger partial charge in [-0.15, -0.1) is 68.6 Å². The third kappa shape index (κ3) is 10.4. The molecule has 2 radical (unpaired) electrons. The van der Waals surface area contributed by atoms with E-state index in [0.29, 0.717) is 5.92 Å². The molecule has 6 aromatic rings. The van der Waals surface area contributed by atoms with Gasteiger partial charge in [0.2, 0.25) is 0 Å². The Hall–Kier alpha value is -2.80. The summed E-state index contributed by atoms with van der Waals surface area (Å²) in [7, 11) is 0. The summed E-state index contributed by atoms with van der Waals surface area (Å²) in [6.07, 6.45) is 3.71. The van der Waals surface area contributed by atoms with Crippen molar-refractivity contribution in [2.24, 2.45) is 0 Å². The third-order valence-corrected chi connectivity index (χ3v) is 9.55. The number of aryl methyl sites for hydroxylation is 2. The van der Waals surface area contributed by atoms with E-state index in [1.54, 1.807) is 0 Å². The Morgan fingerprint density at radius 1 is 0.660 bits per heavy atom. The van der Waals surface area contributed by atoms with Gasteiger partial charge in [-0.25, -0.2) is 0 Å². The summed E-state index contributed by atoms with van der Waals surface area (Å²) in [4.78, 5) is 0. The van der Waals surface area contributed by atoms with Gasteiger partial charge in [0.25, 0.3) is 0 Å². The van der Waals surface area contributed by atoms with Crippen LogP contribution in [0.2, 0.25) is 0 Å². The Morgan fingerprint density at radius 3 is 1.66 bits per heavy atom. The molecule has 0 amide bonds. The van der Waals surface area contributed by atoms with E-state index in [1.807, 2.05) is 0 Å². The van der Waals surface area contributed by atoms with Gasteiger partial charge < -0.3 is 14.9 Å². The molecule has 6 rings (SSSR count). The van der Waals surface area contributed by atoms with Crippen molar-refractivity contribution in [2.45, 2.75) is 105 Å². The molecule has 0 aliphatic carbocycles. The molecule has 0 aromatic heterocycles. The minimum atomic E-state index is 0. The summed E-state index contributed by atoms with van der Waals surface area (Å²) >= 11 is 1.36. The Bertz CT molecular complexity index is 1920. The first kappa shape index (κ1) is 43.4. The zero-order valence-corrected chi connectivity index (χ0v) is 36.5. The van der Waals surface area contributed by atoms with Crippen LogP contribution in [0.5, 0.6) is 0 Å². The molecule has 0 heterocycles. The van der Waals surface area contributed by atoms with E-state index >= 15 is 0 Å². The van der Waals surface area contributed by atoms with Gasteiger partial charge >= 0.3 is 30.2 Å². The average Bonchev–Trinajstić information content (AvgIpc) is 3.70. The van der Waals surface area contributed by atoms with Gasteiger partial charge in [-0.05, 0) is 45.4 Å². The van der Waals surface area contributed by atoms with E-state index in [1.165, 1.54) is 114 Å². The zero-order valence-electron chi connectivity index (χ0n) is 33.0. The van der Waals surface area contributed by atoms with Crippen molar-refractivity contribution >= 4 is 28.4 Å². The van der Waals surface area contributed by atoms with Crippen LogP contribution < -0.4 is 0 Å². The van der Waals surface area contributed by atoms with Crippen LogP contribution in [0.3, 0.4) is 0 Å². The van der Waals surface area contributed by atoms with E-state index < -0.39 is 0 Å². The molecule has 0 fully saturated rings. The molecule has 6 aromatic carbocycles. The van der Waals surface area contributed by atoms with Crippen molar-refractivity contribution in [3.05, 3.63) is 146 Å². The molecule has 0 N–H and O–H groups in total. The molecule has 0 spiro atoms. The molecule has 264 valence electrons. The Labute approximate surface area is 323 Å². The van der Waals surface area contributed by atoms with E-state index in [-0.39, 0.29) is 25.7 Å². The molecule has 0 aliphatic rings. The van der Waals surface area contributed by atoms with Crippen molar-refractivity contribution < 1.29 is 23.3 Å². The molecular formula is C48H60SiZr-4. The second-order valence-electron chi connectivity index (χ2n) is 15.6. The van der Waals surface area contributed by atoms with Crippen LogP contribution in [0.1, 0.15) is 109 Å². The summed E-state index contributed by atoms with van der Waals surface area (Å²) in [6.45, 7) is 25.6. The number of benzene rings is 4. The molecule has 2 heteroatoms. The first-order valence-corrected chi connectivity index (χ1v) is 21.8. The topological polar surface area (TPSA) is 0 Å². The van der Waals surface area contributed by atoms with Crippen LogP contribution in [0.25, 0.3) is 43.8 Å². The van der Waals surface area contributed by atoms with Crippen LogP contribution in [0.15, 0.2) is 103 Å². The normalized spacial score (nSPS) is 11.2. The van der Waals surface area contributed by atoms with E-state index in [9.17, 15) is 0 Å². The first-order valence-electron chi connectivity index (χ1n) is 17.6. The predicted molar refractivity (Wildman–Crippen MR) is 223 cm³/mol. The van der Waals surface area contributed by atoms with Crippen LogP contribution in [-0.2, 0) is 40.6 Å². The van der Waals surface area contributed by atoms with Crippen LogP contribution in [0, 0.1) is 21.8 Å². The monoisotopic (exact) mass is 754 g/mol. The molecule has 0 saturated carbocycles. The predicted octanol–water partition coefficient (Wildman–Crippen LogP) is 14.3. The second-order valence-corrected chi connectivity index (χ2v) is 15.6. The Kier molecular flexibility index (Phi) is 16.1. The van der Waals surface area contributed by atoms with E-state index in [0.717, 1.165) is 0 Å². The maximum absolute atomic E-state index is 3.06. The van der Waals surface area contributed by atoms with Crippen molar-refractivity contribution in [1.82, 2.24) is 0 Å². The maximum atomic E-state index is 3.06. The third-order valence-electron chi connectivity index (χ3n) is 9.55. The molecule has 0 nitrogen and oxygen atoms in total. The molecule has 0 aliphatic heterocycles. The molecule has 0 unspecified atom stereocenters. The summed E-state index contributed by atoms with van der Waals surface area (Å²) in [6, 6.07) is 38.8. The van der Waals surface area contributed by atoms with Gasteiger partial charge in [-0.1, -0.05) is 154 Å². The summed E-state index contributed by atoms with van der Waals surface area (Å²) in [5.74, 6) is 0.573. The van der Waals surface area contributed by atoms with Gasteiger partial charge in [0.1, 0.15) is 0 Å². The fourth-order valence-electron chi connectivity index (χ4n) is 6.42. The van der Waals surface area contributed by atoms with E-state index in [4.69, 9.17) is 0 Å². The number of unbranched alkanes of at least 4 members (excludes halogenated alkanes) is 1. The fourth-order valence-corrected chi connectivity index (χ4v) is 6.42. The number of rotatable bonds is 6. The SMILES string of the molecule is CC(C)c1cc2c(-c3ccc(C(C)(C)C)cc3)cccc2[cH-]1.CCCCc1cc2c(-c3ccc(C(C)(C)C)cc3)ccc(C)c2[cH-]1.[CH3-].[CH3-].[Si]=[Zr]. The summed E-state index contributed by atoms with van der Waals surface area (Å²) < 4.78 is 0. The van der Waals surface area contributed by atoms with Gasteiger partial charge in [0, 0.05) is 0 Å². The summed E-state index contributed by atoms with van der Waals surface area (Å²) in [5.41, 5.74) is 12.8. The number of hydrogen-bond donors (Lipinski definition) is 0. The Morgan fingerprint density at radius 2 is 1.18 bits per heavy atom. The Balaban J connectivity index is 0.000000319. The van der Waals surface area contributed by atoms with Gasteiger partial charge in [0.05, 0.1) is 0 Å². The molecule has 50 heavy (non-hydrogen) atoms. The average molecular weight is 756 g/mol. The van der Waals surface area contributed by atoms with E-state index in [2.05, 4.69) is 179 Å². The van der Waals surface area contributed by atoms with Crippen molar-refractivity contribution in [2.75, 3.05) is 0 Å².